The predicted molar refractivity (Wildman–Crippen MR) is 118 cm³/mol. The van der Waals surface area contributed by atoms with E-state index in [-0.39, 0.29) is 63.1 Å². The van der Waals surface area contributed by atoms with Gasteiger partial charge in [-0.3, -0.25) is 4.31 Å². The Labute approximate surface area is 222 Å². The van der Waals surface area contributed by atoms with Gasteiger partial charge in [0, 0.05) is 17.1 Å². The number of carbonyl (C=O) groups excluding carboxylic acids is 1. The largest absolute Gasteiger partial charge is 1.00 e. The molecule has 176 valence electrons. The van der Waals surface area contributed by atoms with E-state index in [0.717, 1.165) is 21.7 Å². The third-order valence-corrected chi connectivity index (χ3v) is 7.75. The second-order valence-electron chi connectivity index (χ2n) is 7.41. The molecule has 0 aliphatic rings. The van der Waals surface area contributed by atoms with Crippen molar-refractivity contribution in [2.45, 2.75) is 37.9 Å². The van der Waals surface area contributed by atoms with Gasteiger partial charge in [-0.25, -0.2) is 13.8 Å². The molecule has 0 saturated carbocycles. The molecule has 0 N–H and O–H groups in total. The summed E-state index contributed by atoms with van der Waals surface area (Å²) in [5.41, 5.74) is 1.15. The molecule has 3 rings (SSSR count). The minimum Gasteiger partial charge on any atom is -0.545 e. The molecule has 0 fully saturated rings. The van der Waals surface area contributed by atoms with Crippen molar-refractivity contribution in [2.24, 2.45) is 0 Å². The quantitative estimate of drug-likeness (QED) is 0.381. The monoisotopic (exact) mass is 518 g/mol. The summed E-state index contributed by atoms with van der Waals surface area (Å²) in [6.07, 6.45) is -1.53. The van der Waals surface area contributed by atoms with Gasteiger partial charge in [0.15, 0.2) is 0 Å². The number of anilines is 1. The van der Waals surface area contributed by atoms with Crippen LogP contribution in [0.2, 0.25) is 0 Å². The van der Waals surface area contributed by atoms with E-state index in [1.54, 1.807) is 12.3 Å². The van der Waals surface area contributed by atoms with E-state index in [1.165, 1.54) is 44.2 Å². The van der Waals surface area contributed by atoms with E-state index >= 15 is 0 Å². The average molecular weight is 519 g/mol. The number of aryl methyl sites for hydroxylation is 2. The van der Waals surface area contributed by atoms with Gasteiger partial charge in [-0.15, -0.1) is 11.3 Å². The van der Waals surface area contributed by atoms with Gasteiger partial charge < -0.3 is 14.6 Å². The van der Waals surface area contributed by atoms with Crippen LogP contribution in [0.3, 0.4) is 0 Å². The molecule has 1 atom stereocenters. The van der Waals surface area contributed by atoms with Gasteiger partial charge in [0.1, 0.15) is 24.3 Å². The van der Waals surface area contributed by atoms with E-state index in [1.807, 2.05) is 0 Å². The summed E-state index contributed by atoms with van der Waals surface area (Å²) < 4.78 is 61.4. The minimum atomic E-state index is -4.25. The molecule has 0 aliphatic heterocycles. The number of ether oxygens (including phenoxy) is 1. The van der Waals surface area contributed by atoms with Crippen LogP contribution in [-0.4, -0.2) is 32.1 Å². The van der Waals surface area contributed by atoms with Crippen molar-refractivity contribution in [3.05, 3.63) is 70.0 Å². The number of hydrogen-bond acceptors (Lipinski definition) is 7. The summed E-state index contributed by atoms with van der Waals surface area (Å²) in [5.74, 6) is -2.07. The van der Waals surface area contributed by atoms with Crippen molar-refractivity contribution in [1.29, 1.82) is 0 Å². The number of sulfonamides is 1. The molecular weight excluding hydrogens is 497 g/mol. The fourth-order valence-electron chi connectivity index (χ4n) is 2.96. The molecule has 0 bridgehead atoms. The average Bonchev–Trinajstić information content (AvgIpc) is 3.20. The number of nitrogens with zero attached hydrogens (tertiary/aromatic N) is 2. The summed E-state index contributed by atoms with van der Waals surface area (Å²) in [7, 11) is -4.25. The summed E-state index contributed by atoms with van der Waals surface area (Å²) in [6, 6.07) is 7.97. The number of halogens is 2. The van der Waals surface area contributed by atoms with Gasteiger partial charge in [-0.2, -0.15) is 8.42 Å². The van der Waals surface area contributed by atoms with Crippen LogP contribution < -0.4 is 43.7 Å². The summed E-state index contributed by atoms with van der Waals surface area (Å²) in [5, 5.41) is 12.5. The van der Waals surface area contributed by atoms with Crippen LogP contribution in [0.5, 0.6) is 5.75 Å². The van der Waals surface area contributed by atoms with Crippen LogP contribution >= 0.6 is 11.3 Å². The van der Waals surface area contributed by atoms with Crippen LogP contribution in [0.1, 0.15) is 34.1 Å². The maximum Gasteiger partial charge on any atom is 1.00 e. The molecule has 0 radical (unpaired) electrons. The molecule has 1 aromatic heterocycles. The second-order valence-corrected chi connectivity index (χ2v) is 10.3. The summed E-state index contributed by atoms with van der Waals surface area (Å²) in [4.78, 5) is 14.9. The number of rotatable bonds is 9. The summed E-state index contributed by atoms with van der Waals surface area (Å²) in [6.45, 7) is 3.67. The fourth-order valence-corrected chi connectivity index (χ4v) is 5.63. The number of benzene rings is 2. The zero-order valence-electron chi connectivity index (χ0n) is 19.0. The molecule has 0 aliphatic carbocycles. The Morgan fingerprint density at radius 2 is 1.88 bits per heavy atom. The number of thiazole rings is 1. The predicted octanol–water partition coefficient (Wildman–Crippen LogP) is 0.399. The number of aromatic nitrogens is 1. The Hall–Kier alpha value is -2.05. The van der Waals surface area contributed by atoms with Crippen LogP contribution in [-0.2, 0) is 16.6 Å². The van der Waals surface area contributed by atoms with Crippen LogP contribution in [0.25, 0.3) is 0 Å². The van der Waals surface area contributed by atoms with Crippen molar-refractivity contribution < 1.29 is 61.4 Å². The first-order chi connectivity index (χ1) is 15.5. The van der Waals surface area contributed by atoms with Crippen LogP contribution in [0, 0.1) is 19.7 Å². The summed E-state index contributed by atoms with van der Waals surface area (Å²) >= 11 is 0.902. The molecule has 0 amide bonds. The first-order valence-corrected chi connectivity index (χ1v) is 12.1. The molecule has 0 spiro atoms. The van der Waals surface area contributed by atoms with E-state index < -0.39 is 34.5 Å². The third kappa shape index (κ3) is 6.54. The van der Waals surface area contributed by atoms with Crippen molar-refractivity contribution in [1.82, 2.24) is 4.98 Å². The van der Waals surface area contributed by atoms with Crippen LogP contribution in [0.4, 0.5) is 14.5 Å². The maximum absolute atomic E-state index is 14.4. The number of alkyl halides is 1. The Morgan fingerprint density at radius 3 is 2.41 bits per heavy atom. The van der Waals surface area contributed by atoms with E-state index in [2.05, 4.69) is 4.98 Å². The molecular formula is C22H21F2N2NaO5S2. The Kier molecular flexibility index (Phi) is 9.61. The Bertz CT molecular complexity index is 1260. The number of aromatic carboxylic acids is 1. The maximum atomic E-state index is 14.4. The molecule has 7 nitrogen and oxygen atoms in total. The van der Waals surface area contributed by atoms with Crippen molar-refractivity contribution in [3.63, 3.8) is 0 Å². The van der Waals surface area contributed by atoms with E-state index in [9.17, 15) is 27.1 Å². The van der Waals surface area contributed by atoms with E-state index in [4.69, 9.17) is 4.74 Å². The fraction of sp³-hybridized carbons (Fsp3) is 0.273. The molecule has 12 heteroatoms. The van der Waals surface area contributed by atoms with Crippen molar-refractivity contribution >= 4 is 33.0 Å². The normalized spacial score (nSPS) is 12.0. The number of hydrogen-bond donors (Lipinski definition) is 0. The smallest absolute Gasteiger partial charge is 0.545 e. The third-order valence-electron chi connectivity index (χ3n) is 4.62. The van der Waals surface area contributed by atoms with Crippen molar-refractivity contribution in [2.75, 3.05) is 10.8 Å². The Morgan fingerprint density at radius 1 is 1.24 bits per heavy atom. The standard InChI is InChI=1S/C22H22F2N2O5S2.Na/c1-13-8-19(26(10-14(2)23)33(29,30)22-25-15(3)12-32-22)20(9-18(13)24)31-11-16-4-6-17(7-5-16)21(27)28;/h4-9,12,14H,10-11H2,1-3H3,(H,27,28);/q;+1/p-1. The second kappa shape index (κ2) is 11.6. The SMILES string of the molecule is Cc1csc(S(=O)(=O)N(CC(C)F)c2cc(C)c(F)cc2OCc2ccc(C(=O)[O-])cc2)n1.[Na+]. The Balaban J connectivity index is 0.00000408. The first-order valence-electron chi connectivity index (χ1n) is 9.81. The topological polar surface area (TPSA) is 99.6 Å². The zero-order valence-corrected chi connectivity index (χ0v) is 22.7. The van der Waals surface area contributed by atoms with Gasteiger partial charge in [0.05, 0.1) is 18.2 Å². The number of carboxylic acids is 1. The van der Waals surface area contributed by atoms with Crippen molar-refractivity contribution in [3.8, 4) is 5.75 Å². The first kappa shape index (κ1) is 28.2. The molecule has 1 heterocycles. The number of carbonyl (C=O) groups is 1. The zero-order chi connectivity index (χ0) is 24.3. The molecule has 3 aromatic rings. The molecule has 0 saturated heterocycles. The van der Waals surface area contributed by atoms with Gasteiger partial charge >= 0.3 is 29.6 Å². The number of carboxylic acid groups (broad SMARTS) is 1. The molecule has 1 unspecified atom stereocenters. The van der Waals surface area contributed by atoms with Gasteiger partial charge in [0.2, 0.25) is 4.34 Å². The van der Waals surface area contributed by atoms with Crippen LogP contribution in [0.15, 0.2) is 46.1 Å². The van der Waals surface area contributed by atoms with E-state index in [0.29, 0.717) is 11.3 Å². The van der Waals surface area contributed by atoms with Gasteiger partial charge in [-0.1, -0.05) is 24.3 Å². The minimum absolute atomic E-state index is 0. The molecule has 34 heavy (non-hydrogen) atoms. The van der Waals surface area contributed by atoms with Gasteiger partial charge in [0.25, 0.3) is 10.0 Å². The van der Waals surface area contributed by atoms with Gasteiger partial charge in [-0.05, 0) is 43.5 Å². The molecule has 2 aromatic carbocycles.